The molecule has 0 spiro atoms. The molecule has 1 aromatic heterocycles. The van der Waals surface area contributed by atoms with Crippen LogP contribution in [0.3, 0.4) is 0 Å². The second-order valence-electron chi connectivity index (χ2n) is 11.7. The lowest BCUT2D eigenvalue weighted by atomic mass is 9.94. The zero-order chi connectivity index (χ0) is 32.1. The Morgan fingerprint density at radius 1 is 0.188 bits per heavy atom. The fourth-order valence-corrected chi connectivity index (χ4v) is 6.00. The van der Waals surface area contributed by atoms with Gasteiger partial charge in [-0.25, -0.2) is 15.0 Å². The summed E-state index contributed by atoms with van der Waals surface area (Å²) in [6.07, 6.45) is 0. The number of rotatable bonds is 7. The van der Waals surface area contributed by atoms with E-state index in [0.29, 0.717) is 17.5 Å². The van der Waals surface area contributed by atoms with Gasteiger partial charge in [0, 0.05) is 16.7 Å². The summed E-state index contributed by atoms with van der Waals surface area (Å²) < 4.78 is 0. The number of hydrogen-bond acceptors (Lipinski definition) is 3. The minimum Gasteiger partial charge on any atom is -0.208 e. The van der Waals surface area contributed by atoms with Gasteiger partial charge in [-0.1, -0.05) is 170 Å². The molecule has 8 aromatic rings. The van der Waals surface area contributed by atoms with Crippen LogP contribution in [-0.2, 0) is 0 Å². The molecule has 1 heterocycles. The quantitative estimate of drug-likeness (QED) is 0.179. The van der Waals surface area contributed by atoms with Crippen molar-refractivity contribution in [2.75, 3.05) is 0 Å². The van der Waals surface area contributed by atoms with E-state index in [0.717, 1.165) is 44.5 Å². The van der Waals surface area contributed by atoms with Crippen molar-refractivity contribution in [3.8, 4) is 78.7 Å². The lowest BCUT2D eigenvalue weighted by Crippen LogP contribution is -2.00. The normalized spacial score (nSPS) is 10.9. The largest absolute Gasteiger partial charge is 0.208 e. The van der Waals surface area contributed by atoms with E-state index in [9.17, 15) is 0 Å². The van der Waals surface area contributed by atoms with Crippen LogP contribution in [0.4, 0.5) is 0 Å². The zero-order valence-corrected chi connectivity index (χ0v) is 26.2. The van der Waals surface area contributed by atoms with Crippen LogP contribution in [0.5, 0.6) is 0 Å². The van der Waals surface area contributed by atoms with E-state index < -0.39 is 0 Å². The van der Waals surface area contributed by atoms with Crippen molar-refractivity contribution in [1.29, 1.82) is 0 Å². The molecule has 226 valence electrons. The van der Waals surface area contributed by atoms with Crippen molar-refractivity contribution in [1.82, 2.24) is 15.0 Å². The van der Waals surface area contributed by atoms with Crippen molar-refractivity contribution in [3.05, 3.63) is 188 Å². The highest BCUT2D eigenvalue weighted by molar-refractivity contribution is 5.81. The molecular weight excluding hydrogens is 583 g/mol. The molecule has 0 aliphatic carbocycles. The van der Waals surface area contributed by atoms with Gasteiger partial charge in [-0.2, -0.15) is 0 Å². The Morgan fingerprint density at radius 2 is 0.417 bits per heavy atom. The number of aromatic nitrogens is 3. The van der Waals surface area contributed by atoms with Crippen LogP contribution in [0, 0.1) is 0 Å². The van der Waals surface area contributed by atoms with Gasteiger partial charge in [0.25, 0.3) is 0 Å². The van der Waals surface area contributed by atoms with E-state index in [1.54, 1.807) is 0 Å². The summed E-state index contributed by atoms with van der Waals surface area (Å²) in [5.41, 5.74) is 12.0. The minimum atomic E-state index is 0.630. The highest BCUT2D eigenvalue weighted by atomic mass is 15.0. The Hall–Kier alpha value is -6.45. The third-order valence-corrected chi connectivity index (χ3v) is 8.54. The maximum atomic E-state index is 5.10. The van der Waals surface area contributed by atoms with Gasteiger partial charge < -0.3 is 0 Å². The molecule has 0 N–H and O–H groups in total. The van der Waals surface area contributed by atoms with Crippen molar-refractivity contribution in [2.45, 2.75) is 0 Å². The molecule has 0 bridgehead atoms. The van der Waals surface area contributed by atoms with E-state index in [4.69, 9.17) is 15.0 Å². The average molecular weight is 614 g/mol. The van der Waals surface area contributed by atoms with Gasteiger partial charge in [0.2, 0.25) is 0 Å². The summed E-state index contributed by atoms with van der Waals surface area (Å²) in [6, 6.07) is 65.3. The molecule has 3 heteroatoms. The van der Waals surface area contributed by atoms with E-state index in [2.05, 4.69) is 140 Å². The maximum Gasteiger partial charge on any atom is 0.164 e. The van der Waals surface area contributed by atoms with E-state index in [1.165, 1.54) is 16.7 Å². The molecule has 7 aromatic carbocycles. The first-order chi connectivity index (χ1) is 23.8. The first-order valence-electron chi connectivity index (χ1n) is 16.1. The molecule has 0 saturated carbocycles. The van der Waals surface area contributed by atoms with Crippen LogP contribution in [0.25, 0.3) is 78.7 Å². The Balaban J connectivity index is 1.26. The van der Waals surface area contributed by atoms with Crippen LogP contribution >= 0.6 is 0 Å². The van der Waals surface area contributed by atoms with Gasteiger partial charge in [0.15, 0.2) is 17.5 Å². The Labute approximate surface area is 280 Å². The van der Waals surface area contributed by atoms with Gasteiger partial charge in [-0.15, -0.1) is 0 Å². The molecule has 0 aliphatic rings. The second-order valence-corrected chi connectivity index (χ2v) is 11.7. The molecule has 0 amide bonds. The van der Waals surface area contributed by atoms with Crippen LogP contribution < -0.4 is 0 Å². The number of benzene rings is 7. The fourth-order valence-electron chi connectivity index (χ4n) is 6.00. The van der Waals surface area contributed by atoms with Crippen molar-refractivity contribution < 1.29 is 0 Å². The topological polar surface area (TPSA) is 38.7 Å². The molecular formula is C45H31N3. The average Bonchev–Trinajstić information content (AvgIpc) is 3.19. The summed E-state index contributed by atoms with van der Waals surface area (Å²) in [5.74, 6) is 1.91. The highest BCUT2D eigenvalue weighted by Crippen LogP contribution is 2.34. The van der Waals surface area contributed by atoms with Crippen LogP contribution in [-0.4, -0.2) is 15.0 Å². The van der Waals surface area contributed by atoms with Crippen LogP contribution in [0.1, 0.15) is 0 Å². The first kappa shape index (κ1) is 29.0. The van der Waals surface area contributed by atoms with Crippen LogP contribution in [0.15, 0.2) is 188 Å². The number of nitrogens with zero attached hydrogens (tertiary/aromatic N) is 3. The highest BCUT2D eigenvalue weighted by Gasteiger charge is 2.15. The standard InChI is InChI=1S/C45H31N3/c1-5-13-32(14-6-1)35-21-23-37(24-22-35)41-29-40(34-17-9-3-10-18-34)30-42(31-41)45-47-43(38-19-11-4-12-20-38)46-44(48-45)39-27-25-36(26-28-39)33-15-7-2-8-16-33/h1-31H. The Morgan fingerprint density at radius 3 is 0.812 bits per heavy atom. The van der Waals surface area contributed by atoms with Gasteiger partial charge in [0.1, 0.15) is 0 Å². The summed E-state index contributed by atoms with van der Waals surface area (Å²) in [5, 5.41) is 0. The molecule has 0 radical (unpaired) electrons. The van der Waals surface area contributed by atoms with Crippen molar-refractivity contribution in [2.24, 2.45) is 0 Å². The molecule has 0 fully saturated rings. The Kier molecular flexibility index (Phi) is 7.92. The lowest BCUT2D eigenvalue weighted by Gasteiger charge is -2.13. The smallest absolute Gasteiger partial charge is 0.164 e. The van der Waals surface area contributed by atoms with Gasteiger partial charge in [-0.3, -0.25) is 0 Å². The van der Waals surface area contributed by atoms with E-state index in [-0.39, 0.29) is 0 Å². The third-order valence-electron chi connectivity index (χ3n) is 8.54. The summed E-state index contributed by atoms with van der Waals surface area (Å²) >= 11 is 0. The van der Waals surface area contributed by atoms with Gasteiger partial charge in [0.05, 0.1) is 0 Å². The molecule has 0 aliphatic heterocycles. The van der Waals surface area contributed by atoms with Crippen molar-refractivity contribution >= 4 is 0 Å². The lowest BCUT2D eigenvalue weighted by molar-refractivity contribution is 1.07. The molecule has 0 unspecified atom stereocenters. The molecule has 0 saturated heterocycles. The van der Waals surface area contributed by atoms with E-state index in [1.807, 2.05) is 48.5 Å². The predicted molar refractivity (Wildman–Crippen MR) is 198 cm³/mol. The fraction of sp³-hybridized carbons (Fsp3) is 0. The van der Waals surface area contributed by atoms with Gasteiger partial charge >= 0.3 is 0 Å². The summed E-state index contributed by atoms with van der Waals surface area (Å²) in [4.78, 5) is 15.1. The molecule has 8 rings (SSSR count). The predicted octanol–water partition coefficient (Wildman–Crippen LogP) is 11.5. The monoisotopic (exact) mass is 613 g/mol. The first-order valence-corrected chi connectivity index (χ1v) is 16.1. The molecule has 48 heavy (non-hydrogen) atoms. The van der Waals surface area contributed by atoms with E-state index >= 15 is 0 Å². The third kappa shape index (κ3) is 6.18. The summed E-state index contributed by atoms with van der Waals surface area (Å²) in [7, 11) is 0. The molecule has 3 nitrogen and oxygen atoms in total. The maximum absolute atomic E-state index is 5.10. The van der Waals surface area contributed by atoms with Gasteiger partial charge in [-0.05, 0) is 62.7 Å². The van der Waals surface area contributed by atoms with Crippen LogP contribution in [0.2, 0.25) is 0 Å². The number of hydrogen-bond donors (Lipinski definition) is 0. The molecule has 0 atom stereocenters. The van der Waals surface area contributed by atoms with Crippen molar-refractivity contribution in [3.63, 3.8) is 0 Å². The Bertz CT molecular complexity index is 2120. The SMILES string of the molecule is c1ccc(-c2ccc(-c3cc(-c4ccccc4)cc(-c4nc(-c5ccccc5)nc(-c5ccc(-c6ccccc6)cc5)n4)c3)cc2)cc1. The second kappa shape index (κ2) is 13.1. The minimum absolute atomic E-state index is 0.630. The zero-order valence-electron chi connectivity index (χ0n) is 26.2. The summed E-state index contributed by atoms with van der Waals surface area (Å²) in [6.45, 7) is 0.